The van der Waals surface area contributed by atoms with Crippen molar-refractivity contribution in [2.24, 2.45) is 5.73 Å². The van der Waals surface area contributed by atoms with Crippen LogP contribution in [0.25, 0.3) is 0 Å². The molecule has 2 atom stereocenters. The monoisotopic (exact) mass is 312 g/mol. The molecule has 1 aromatic carbocycles. The van der Waals surface area contributed by atoms with Crippen LogP contribution < -0.4 is 10.6 Å². The van der Waals surface area contributed by atoms with Gasteiger partial charge in [0.15, 0.2) is 9.84 Å². The standard InChI is InChI=1S/C15H24N2O3S/c1-3-10-21(18,19)14-6-4-13(5-7-14)17-8-9-20-15(11-17)12(2)16/h4-7,12,15H,3,8-11,16H2,1-2H3. The Hall–Kier alpha value is -1.11. The van der Waals surface area contributed by atoms with E-state index in [-0.39, 0.29) is 17.9 Å². The molecule has 21 heavy (non-hydrogen) atoms. The summed E-state index contributed by atoms with van der Waals surface area (Å²) in [7, 11) is -3.15. The molecule has 1 aliphatic rings. The molecule has 6 heteroatoms. The van der Waals surface area contributed by atoms with E-state index < -0.39 is 9.84 Å². The summed E-state index contributed by atoms with van der Waals surface area (Å²) in [6, 6.07) is 7.10. The Labute approximate surface area is 127 Å². The fraction of sp³-hybridized carbons (Fsp3) is 0.600. The van der Waals surface area contributed by atoms with Gasteiger partial charge in [-0.3, -0.25) is 0 Å². The van der Waals surface area contributed by atoms with Gasteiger partial charge in [0.2, 0.25) is 0 Å². The molecule has 1 saturated heterocycles. The minimum absolute atomic E-state index is 0.0160. The molecule has 1 heterocycles. The van der Waals surface area contributed by atoms with Crippen molar-refractivity contribution in [2.75, 3.05) is 30.3 Å². The fourth-order valence-corrected chi connectivity index (χ4v) is 3.80. The molecule has 2 N–H and O–H groups in total. The number of benzene rings is 1. The van der Waals surface area contributed by atoms with E-state index in [1.54, 1.807) is 12.1 Å². The average Bonchev–Trinajstić information content (AvgIpc) is 2.47. The summed E-state index contributed by atoms with van der Waals surface area (Å²) < 4.78 is 29.7. The second-order valence-corrected chi connectivity index (χ2v) is 7.64. The summed E-state index contributed by atoms with van der Waals surface area (Å²) >= 11 is 0. The molecule has 0 bridgehead atoms. The van der Waals surface area contributed by atoms with Gasteiger partial charge in [0.25, 0.3) is 0 Å². The highest BCUT2D eigenvalue weighted by Crippen LogP contribution is 2.21. The Balaban J connectivity index is 2.12. The highest BCUT2D eigenvalue weighted by atomic mass is 32.2. The van der Waals surface area contributed by atoms with Crippen molar-refractivity contribution in [3.63, 3.8) is 0 Å². The molecule has 5 nitrogen and oxygen atoms in total. The van der Waals surface area contributed by atoms with Gasteiger partial charge in [-0.15, -0.1) is 0 Å². The number of hydrogen-bond donors (Lipinski definition) is 1. The molecule has 1 fully saturated rings. The van der Waals surface area contributed by atoms with Gasteiger partial charge in [-0.25, -0.2) is 8.42 Å². The van der Waals surface area contributed by atoms with E-state index in [4.69, 9.17) is 10.5 Å². The minimum atomic E-state index is -3.15. The summed E-state index contributed by atoms with van der Waals surface area (Å²) in [4.78, 5) is 2.58. The van der Waals surface area contributed by atoms with Gasteiger partial charge >= 0.3 is 0 Å². The lowest BCUT2D eigenvalue weighted by Crippen LogP contribution is -2.49. The van der Waals surface area contributed by atoms with Crippen LogP contribution in [0, 0.1) is 0 Å². The molecule has 0 spiro atoms. The zero-order chi connectivity index (χ0) is 15.5. The van der Waals surface area contributed by atoms with Crippen molar-refractivity contribution in [1.29, 1.82) is 0 Å². The van der Waals surface area contributed by atoms with Crippen molar-refractivity contribution < 1.29 is 13.2 Å². The highest BCUT2D eigenvalue weighted by Gasteiger charge is 2.23. The molecule has 1 aliphatic heterocycles. The van der Waals surface area contributed by atoms with Crippen molar-refractivity contribution in [3.05, 3.63) is 24.3 Å². The van der Waals surface area contributed by atoms with E-state index in [0.29, 0.717) is 17.9 Å². The normalized spacial score (nSPS) is 21.3. The summed E-state index contributed by atoms with van der Waals surface area (Å²) in [5.41, 5.74) is 6.90. The molecule has 2 unspecified atom stereocenters. The van der Waals surface area contributed by atoms with Gasteiger partial charge in [-0.1, -0.05) is 6.92 Å². The Kier molecular flexibility index (Phi) is 5.24. The van der Waals surface area contributed by atoms with Crippen molar-refractivity contribution in [3.8, 4) is 0 Å². The van der Waals surface area contributed by atoms with E-state index in [1.807, 2.05) is 26.0 Å². The summed E-state index contributed by atoms with van der Waals surface area (Å²) in [5.74, 6) is 0.191. The Morgan fingerprint density at radius 2 is 2.05 bits per heavy atom. The van der Waals surface area contributed by atoms with Crippen LogP contribution in [-0.4, -0.2) is 46.0 Å². The van der Waals surface area contributed by atoms with Gasteiger partial charge in [0.05, 0.1) is 23.4 Å². The number of hydrogen-bond acceptors (Lipinski definition) is 5. The van der Waals surface area contributed by atoms with Crippen LogP contribution in [0.3, 0.4) is 0 Å². The van der Waals surface area contributed by atoms with Gasteiger partial charge in [0.1, 0.15) is 0 Å². The Morgan fingerprint density at radius 1 is 1.38 bits per heavy atom. The predicted octanol–water partition coefficient (Wildman–Crippen LogP) is 1.42. The SMILES string of the molecule is CCCS(=O)(=O)c1ccc(N2CCOC(C(C)N)C2)cc1. The topological polar surface area (TPSA) is 72.6 Å². The molecule has 118 valence electrons. The van der Waals surface area contributed by atoms with Crippen LogP contribution in [0.4, 0.5) is 5.69 Å². The Morgan fingerprint density at radius 3 is 2.62 bits per heavy atom. The second kappa shape index (κ2) is 6.77. The van der Waals surface area contributed by atoms with Crippen LogP contribution in [0.15, 0.2) is 29.2 Å². The van der Waals surface area contributed by atoms with E-state index in [1.165, 1.54) is 0 Å². The smallest absolute Gasteiger partial charge is 0.178 e. The average molecular weight is 312 g/mol. The maximum Gasteiger partial charge on any atom is 0.178 e. The van der Waals surface area contributed by atoms with Crippen LogP contribution in [0.2, 0.25) is 0 Å². The lowest BCUT2D eigenvalue weighted by molar-refractivity contribution is 0.0276. The van der Waals surface area contributed by atoms with Crippen LogP contribution in [-0.2, 0) is 14.6 Å². The molecule has 0 saturated carbocycles. The maximum atomic E-state index is 12.0. The summed E-state index contributed by atoms with van der Waals surface area (Å²) in [6.07, 6.45) is 0.645. The fourth-order valence-electron chi connectivity index (χ4n) is 2.48. The summed E-state index contributed by atoms with van der Waals surface area (Å²) in [6.45, 7) is 5.98. The third-order valence-corrected chi connectivity index (χ3v) is 5.65. The molecule has 0 amide bonds. The van der Waals surface area contributed by atoms with Crippen LogP contribution >= 0.6 is 0 Å². The van der Waals surface area contributed by atoms with Crippen molar-refractivity contribution >= 4 is 15.5 Å². The molecule has 0 aliphatic carbocycles. The van der Waals surface area contributed by atoms with Crippen LogP contribution in [0.5, 0.6) is 0 Å². The van der Waals surface area contributed by atoms with E-state index in [0.717, 1.165) is 18.8 Å². The number of nitrogens with two attached hydrogens (primary N) is 1. The minimum Gasteiger partial charge on any atom is -0.373 e. The third kappa shape index (κ3) is 3.96. The lowest BCUT2D eigenvalue weighted by Gasteiger charge is -2.36. The first-order chi connectivity index (χ1) is 9.94. The molecule has 1 aromatic rings. The molecular formula is C15H24N2O3S. The van der Waals surface area contributed by atoms with Gasteiger partial charge in [-0.2, -0.15) is 0 Å². The zero-order valence-corrected chi connectivity index (χ0v) is 13.5. The number of nitrogens with zero attached hydrogens (tertiary/aromatic N) is 1. The van der Waals surface area contributed by atoms with Crippen molar-refractivity contribution in [1.82, 2.24) is 0 Å². The number of morpholine rings is 1. The quantitative estimate of drug-likeness (QED) is 0.890. The number of ether oxygens (including phenoxy) is 1. The third-order valence-electron chi connectivity index (χ3n) is 3.71. The Bertz CT molecular complexity index is 555. The number of anilines is 1. The first kappa shape index (κ1) is 16.3. The highest BCUT2D eigenvalue weighted by molar-refractivity contribution is 7.91. The zero-order valence-electron chi connectivity index (χ0n) is 12.7. The summed E-state index contributed by atoms with van der Waals surface area (Å²) in [5, 5.41) is 0. The molecule has 0 radical (unpaired) electrons. The second-order valence-electron chi connectivity index (χ2n) is 5.53. The lowest BCUT2D eigenvalue weighted by atomic mass is 10.1. The largest absolute Gasteiger partial charge is 0.373 e. The number of rotatable bonds is 5. The predicted molar refractivity (Wildman–Crippen MR) is 84.4 cm³/mol. The molecular weight excluding hydrogens is 288 g/mol. The first-order valence-corrected chi connectivity index (χ1v) is 9.04. The van der Waals surface area contributed by atoms with Gasteiger partial charge in [-0.05, 0) is 37.6 Å². The van der Waals surface area contributed by atoms with Crippen molar-refractivity contribution in [2.45, 2.75) is 37.3 Å². The number of sulfone groups is 1. The first-order valence-electron chi connectivity index (χ1n) is 7.39. The maximum absolute atomic E-state index is 12.0. The van der Waals surface area contributed by atoms with E-state index in [9.17, 15) is 8.42 Å². The molecule has 0 aromatic heterocycles. The van der Waals surface area contributed by atoms with E-state index in [2.05, 4.69) is 4.90 Å². The van der Waals surface area contributed by atoms with Gasteiger partial charge in [0, 0.05) is 24.8 Å². The van der Waals surface area contributed by atoms with Crippen LogP contribution in [0.1, 0.15) is 20.3 Å². The van der Waals surface area contributed by atoms with E-state index >= 15 is 0 Å². The molecule has 2 rings (SSSR count). The van der Waals surface area contributed by atoms with Gasteiger partial charge < -0.3 is 15.4 Å².